The van der Waals surface area contributed by atoms with E-state index in [0.717, 1.165) is 23.5 Å². The average molecular weight is 423 g/mol. The Labute approximate surface area is 184 Å². The number of nitrogens with one attached hydrogen (secondary N) is 3. The maximum Gasteiger partial charge on any atom is 0.243 e. The van der Waals surface area contributed by atoms with Crippen molar-refractivity contribution in [3.8, 4) is 23.8 Å². The highest BCUT2D eigenvalue weighted by molar-refractivity contribution is 5.95. The summed E-state index contributed by atoms with van der Waals surface area (Å²) in [6.45, 7) is 5.78. The summed E-state index contributed by atoms with van der Waals surface area (Å²) >= 11 is 0. The van der Waals surface area contributed by atoms with Crippen molar-refractivity contribution >= 4 is 17.6 Å². The molecule has 0 radical (unpaired) electrons. The van der Waals surface area contributed by atoms with Crippen molar-refractivity contribution in [2.75, 3.05) is 38.7 Å². The normalized spacial score (nSPS) is 10.7. The van der Waals surface area contributed by atoms with Gasteiger partial charge in [0.2, 0.25) is 5.91 Å². The minimum atomic E-state index is -0.190. The number of guanidine groups is 1. The van der Waals surface area contributed by atoms with Gasteiger partial charge in [0.05, 0.1) is 19.8 Å². The molecule has 0 aliphatic carbocycles. The largest absolute Gasteiger partial charge is 0.490 e. The molecular formula is C24H30N4O3. The number of hydrogen-bond donors (Lipinski definition) is 3. The molecule has 7 nitrogen and oxygen atoms in total. The van der Waals surface area contributed by atoms with Crippen LogP contribution in [0.4, 0.5) is 5.69 Å². The number of carbonyl (C=O) groups is 1. The Bertz CT molecular complexity index is 935. The molecule has 164 valence electrons. The van der Waals surface area contributed by atoms with Gasteiger partial charge in [-0.1, -0.05) is 18.1 Å². The van der Waals surface area contributed by atoms with Crippen molar-refractivity contribution in [3.63, 3.8) is 0 Å². The summed E-state index contributed by atoms with van der Waals surface area (Å²) in [5, 5.41) is 9.02. The van der Waals surface area contributed by atoms with Gasteiger partial charge in [0.15, 0.2) is 17.5 Å². The van der Waals surface area contributed by atoms with Gasteiger partial charge >= 0.3 is 0 Å². The SMILES string of the molecule is C#Cc1cccc(NC(=O)CNC(=NC)NCCc2ccc(OCC)c(OCC)c2)c1. The summed E-state index contributed by atoms with van der Waals surface area (Å²) in [4.78, 5) is 16.3. The fourth-order valence-electron chi connectivity index (χ4n) is 2.85. The van der Waals surface area contributed by atoms with E-state index in [9.17, 15) is 4.79 Å². The topological polar surface area (TPSA) is 84.0 Å². The minimum absolute atomic E-state index is 0.0808. The molecule has 2 aromatic carbocycles. The van der Waals surface area contributed by atoms with Gasteiger partial charge < -0.3 is 25.4 Å². The third-order valence-electron chi connectivity index (χ3n) is 4.27. The molecule has 0 atom stereocenters. The first-order chi connectivity index (χ1) is 15.1. The van der Waals surface area contributed by atoms with E-state index in [4.69, 9.17) is 15.9 Å². The van der Waals surface area contributed by atoms with Crippen LogP contribution in [0.5, 0.6) is 11.5 Å². The predicted molar refractivity (Wildman–Crippen MR) is 125 cm³/mol. The van der Waals surface area contributed by atoms with Gasteiger partial charge in [-0.2, -0.15) is 0 Å². The van der Waals surface area contributed by atoms with Crippen LogP contribution in [-0.4, -0.2) is 45.2 Å². The third-order valence-corrected chi connectivity index (χ3v) is 4.27. The van der Waals surface area contributed by atoms with Gasteiger partial charge in [-0.3, -0.25) is 9.79 Å². The molecule has 0 fully saturated rings. The summed E-state index contributed by atoms with van der Waals surface area (Å²) in [5.41, 5.74) is 2.48. The molecule has 0 heterocycles. The fourth-order valence-corrected chi connectivity index (χ4v) is 2.85. The molecule has 0 bridgehead atoms. The van der Waals surface area contributed by atoms with E-state index >= 15 is 0 Å². The second-order valence-electron chi connectivity index (χ2n) is 6.52. The van der Waals surface area contributed by atoms with Crippen LogP contribution in [0.3, 0.4) is 0 Å². The summed E-state index contributed by atoms with van der Waals surface area (Å²) < 4.78 is 11.3. The van der Waals surface area contributed by atoms with Crippen LogP contribution < -0.4 is 25.4 Å². The van der Waals surface area contributed by atoms with Gasteiger partial charge in [-0.25, -0.2) is 0 Å². The number of rotatable bonds is 10. The first-order valence-corrected chi connectivity index (χ1v) is 10.3. The van der Waals surface area contributed by atoms with Crippen molar-refractivity contribution < 1.29 is 14.3 Å². The molecule has 0 saturated carbocycles. The molecule has 2 rings (SSSR count). The van der Waals surface area contributed by atoms with Crippen LogP contribution in [0.1, 0.15) is 25.0 Å². The Balaban J connectivity index is 1.81. The molecule has 2 aromatic rings. The van der Waals surface area contributed by atoms with E-state index < -0.39 is 0 Å². The molecule has 3 N–H and O–H groups in total. The van der Waals surface area contributed by atoms with E-state index in [1.54, 1.807) is 31.3 Å². The predicted octanol–water partition coefficient (Wildman–Crippen LogP) is 2.81. The smallest absolute Gasteiger partial charge is 0.243 e. The van der Waals surface area contributed by atoms with Crippen LogP contribution in [-0.2, 0) is 11.2 Å². The highest BCUT2D eigenvalue weighted by Gasteiger charge is 2.08. The Kier molecular flexibility index (Phi) is 9.76. The zero-order chi connectivity index (χ0) is 22.5. The van der Waals surface area contributed by atoms with E-state index in [0.29, 0.717) is 37.0 Å². The van der Waals surface area contributed by atoms with Gasteiger partial charge in [-0.05, 0) is 56.2 Å². The zero-order valence-electron chi connectivity index (χ0n) is 18.3. The number of anilines is 1. The maximum atomic E-state index is 12.2. The molecule has 1 amide bonds. The van der Waals surface area contributed by atoms with Crippen molar-refractivity contribution in [2.45, 2.75) is 20.3 Å². The van der Waals surface area contributed by atoms with Crippen LogP contribution in [0.25, 0.3) is 0 Å². The summed E-state index contributed by atoms with van der Waals surface area (Å²) in [5.74, 6) is 4.39. The molecule has 7 heteroatoms. The van der Waals surface area contributed by atoms with E-state index in [1.165, 1.54) is 0 Å². The summed E-state index contributed by atoms with van der Waals surface area (Å²) in [6, 6.07) is 13.1. The quantitative estimate of drug-likeness (QED) is 0.312. The highest BCUT2D eigenvalue weighted by atomic mass is 16.5. The second kappa shape index (κ2) is 12.8. The van der Waals surface area contributed by atoms with Crippen LogP contribution in [0.2, 0.25) is 0 Å². The van der Waals surface area contributed by atoms with Crippen molar-refractivity contribution in [1.29, 1.82) is 0 Å². The van der Waals surface area contributed by atoms with Gasteiger partial charge in [-0.15, -0.1) is 6.42 Å². The van der Waals surface area contributed by atoms with Gasteiger partial charge in [0.1, 0.15) is 0 Å². The number of terminal acetylenes is 1. The lowest BCUT2D eigenvalue weighted by Crippen LogP contribution is -2.42. The standard InChI is InChI=1S/C24H30N4O3/c1-5-18-9-8-10-20(15-18)28-23(29)17-27-24(25-4)26-14-13-19-11-12-21(30-6-2)22(16-19)31-7-3/h1,8-12,15-16H,6-7,13-14,17H2,2-4H3,(H,28,29)(H2,25,26,27). The average Bonchev–Trinajstić information content (AvgIpc) is 2.78. The Hall–Kier alpha value is -3.66. The monoisotopic (exact) mass is 422 g/mol. The molecular weight excluding hydrogens is 392 g/mol. The molecule has 0 saturated heterocycles. The van der Waals surface area contributed by atoms with E-state index in [1.807, 2.05) is 32.0 Å². The Morgan fingerprint density at radius 1 is 1.06 bits per heavy atom. The fraction of sp³-hybridized carbons (Fsp3) is 0.333. The lowest BCUT2D eigenvalue weighted by Gasteiger charge is -2.14. The van der Waals surface area contributed by atoms with Gasteiger partial charge in [0, 0.05) is 24.8 Å². The lowest BCUT2D eigenvalue weighted by molar-refractivity contribution is -0.115. The number of nitrogens with zero attached hydrogens (tertiary/aromatic N) is 1. The van der Waals surface area contributed by atoms with E-state index in [2.05, 4.69) is 26.9 Å². The molecule has 0 aliphatic heterocycles. The van der Waals surface area contributed by atoms with Crippen molar-refractivity contribution in [1.82, 2.24) is 10.6 Å². The van der Waals surface area contributed by atoms with Crippen molar-refractivity contribution in [2.24, 2.45) is 4.99 Å². The molecule has 0 spiro atoms. The summed E-state index contributed by atoms with van der Waals surface area (Å²) in [6.07, 6.45) is 6.15. The second-order valence-corrected chi connectivity index (χ2v) is 6.52. The highest BCUT2D eigenvalue weighted by Crippen LogP contribution is 2.28. The zero-order valence-corrected chi connectivity index (χ0v) is 18.3. The third kappa shape index (κ3) is 7.94. The molecule has 0 aliphatic rings. The number of ether oxygens (including phenoxy) is 2. The van der Waals surface area contributed by atoms with Crippen LogP contribution in [0, 0.1) is 12.3 Å². The minimum Gasteiger partial charge on any atom is -0.490 e. The molecule has 0 aromatic heterocycles. The number of benzene rings is 2. The number of aliphatic imine (C=N–C) groups is 1. The number of hydrogen-bond acceptors (Lipinski definition) is 4. The van der Waals surface area contributed by atoms with Crippen LogP contribution >= 0.6 is 0 Å². The van der Waals surface area contributed by atoms with Crippen LogP contribution in [0.15, 0.2) is 47.5 Å². The Morgan fingerprint density at radius 2 is 1.84 bits per heavy atom. The molecule has 0 unspecified atom stereocenters. The first-order valence-electron chi connectivity index (χ1n) is 10.3. The van der Waals surface area contributed by atoms with Gasteiger partial charge in [0.25, 0.3) is 0 Å². The van der Waals surface area contributed by atoms with Crippen molar-refractivity contribution in [3.05, 3.63) is 53.6 Å². The maximum absolute atomic E-state index is 12.2. The lowest BCUT2D eigenvalue weighted by atomic mass is 10.1. The number of carbonyl (C=O) groups excluding carboxylic acids is 1. The first kappa shape index (κ1) is 23.6. The number of amides is 1. The van der Waals surface area contributed by atoms with E-state index in [-0.39, 0.29) is 12.5 Å². The molecule has 31 heavy (non-hydrogen) atoms. The Morgan fingerprint density at radius 3 is 2.55 bits per heavy atom. The summed E-state index contributed by atoms with van der Waals surface area (Å²) in [7, 11) is 1.66.